The van der Waals surface area contributed by atoms with Crippen molar-refractivity contribution in [3.05, 3.63) is 65.2 Å². The Morgan fingerprint density at radius 3 is 2.46 bits per heavy atom. The van der Waals surface area contributed by atoms with Crippen LogP contribution in [-0.4, -0.2) is 32.6 Å². The number of sulfonamides is 1. The van der Waals surface area contributed by atoms with Crippen molar-refractivity contribution in [3.8, 4) is 0 Å². The fourth-order valence-electron chi connectivity index (χ4n) is 2.27. The highest BCUT2D eigenvalue weighted by Crippen LogP contribution is 2.12. The molecule has 0 saturated carbocycles. The number of aliphatic imine (C=N–C) groups is 1. The summed E-state index contributed by atoms with van der Waals surface area (Å²) < 4.78 is 27.0. The van der Waals surface area contributed by atoms with Gasteiger partial charge in [0.05, 0.1) is 18.2 Å². The van der Waals surface area contributed by atoms with E-state index < -0.39 is 10.0 Å². The Kier molecular flexibility index (Phi) is 5.03. The molecule has 24 heavy (non-hydrogen) atoms. The number of nitrogens with one attached hydrogen (secondary N) is 2. The second kappa shape index (κ2) is 7.21. The molecular weight excluding hydrogens is 348 g/mol. The second-order valence-electron chi connectivity index (χ2n) is 5.36. The van der Waals surface area contributed by atoms with Gasteiger partial charge < -0.3 is 5.32 Å². The van der Waals surface area contributed by atoms with Crippen LogP contribution in [0.4, 0.5) is 0 Å². The molecule has 1 aliphatic heterocycles. The molecule has 0 aromatic heterocycles. The highest BCUT2D eigenvalue weighted by Gasteiger charge is 2.19. The normalized spacial score (nSPS) is 15.5. The number of nitrogens with zero attached hydrogens (tertiary/aromatic N) is 2. The van der Waals surface area contributed by atoms with Gasteiger partial charge in [-0.2, -0.15) is 0 Å². The average molecular weight is 365 g/mol. The smallest absolute Gasteiger partial charge is 0.264 e. The molecule has 6 nitrogen and oxygen atoms in total. The predicted octanol–water partition coefficient (Wildman–Crippen LogP) is 1.99. The largest absolute Gasteiger partial charge is 0.343 e. The van der Waals surface area contributed by atoms with Gasteiger partial charge in [0.15, 0.2) is 0 Å². The van der Waals surface area contributed by atoms with E-state index in [1.54, 1.807) is 30.3 Å². The highest BCUT2D eigenvalue weighted by molar-refractivity contribution is 7.90. The SMILES string of the molecule is O=S(=O)(NC1=NCN(Cc2ccc(Cl)cc2)CN1)c1ccccc1. The fourth-order valence-corrected chi connectivity index (χ4v) is 3.42. The van der Waals surface area contributed by atoms with Crippen molar-refractivity contribution in [1.82, 2.24) is 14.9 Å². The van der Waals surface area contributed by atoms with E-state index >= 15 is 0 Å². The quantitative estimate of drug-likeness (QED) is 0.870. The van der Waals surface area contributed by atoms with Gasteiger partial charge in [-0.15, -0.1) is 0 Å². The fraction of sp³-hybridized carbons (Fsp3) is 0.188. The number of benzene rings is 2. The Balaban J connectivity index is 1.60. The summed E-state index contributed by atoms with van der Waals surface area (Å²) in [6.45, 7) is 1.60. The van der Waals surface area contributed by atoms with Crippen molar-refractivity contribution in [2.75, 3.05) is 13.3 Å². The molecular formula is C16H17ClN4O2S. The first-order valence-corrected chi connectivity index (χ1v) is 9.22. The summed E-state index contributed by atoms with van der Waals surface area (Å²) in [6, 6.07) is 15.8. The molecule has 2 N–H and O–H groups in total. The number of hydrogen-bond donors (Lipinski definition) is 2. The Morgan fingerprint density at radius 1 is 1.12 bits per heavy atom. The van der Waals surface area contributed by atoms with Crippen LogP contribution in [0.3, 0.4) is 0 Å². The third kappa shape index (κ3) is 4.25. The maximum absolute atomic E-state index is 12.2. The molecule has 1 aliphatic rings. The first-order chi connectivity index (χ1) is 11.5. The standard InChI is InChI=1S/C16H17ClN4O2S/c17-14-8-6-13(7-9-14)10-21-11-18-16(19-12-21)20-24(22,23)15-4-2-1-3-5-15/h1-9H,10-12H2,(H2,18,19,20). The highest BCUT2D eigenvalue weighted by atomic mass is 35.5. The molecule has 0 bridgehead atoms. The summed E-state index contributed by atoms with van der Waals surface area (Å²) in [6.07, 6.45) is 0. The maximum Gasteiger partial charge on any atom is 0.264 e. The molecule has 2 aromatic rings. The van der Waals surface area contributed by atoms with Gasteiger partial charge in [-0.05, 0) is 29.8 Å². The summed E-state index contributed by atoms with van der Waals surface area (Å²) in [7, 11) is -3.62. The zero-order valence-corrected chi connectivity index (χ0v) is 14.4. The lowest BCUT2D eigenvalue weighted by Gasteiger charge is -2.27. The molecule has 126 valence electrons. The van der Waals surface area contributed by atoms with Gasteiger partial charge in [-0.3, -0.25) is 4.90 Å². The van der Waals surface area contributed by atoms with Crippen LogP contribution in [0, 0.1) is 0 Å². The van der Waals surface area contributed by atoms with E-state index in [1.807, 2.05) is 29.2 Å². The third-order valence-electron chi connectivity index (χ3n) is 3.50. The lowest BCUT2D eigenvalue weighted by molar-refractivity contribution is 0.255. The minimum Gasteiger partial charge on any atom is -0.343 e. The molecule has 3 rings (SSSR count). The van der Waals surface area contributed by atoms with E-state index in [4.69, 9.17) is 11.6 Å². The summed E-state index contributed by atoms with van der Waals surface area (Å²) in [5, 5.41) is 3.69. The number of hydrogen-bond acceptors (Lipinski definition) is 5. The first-order valence-electron chi connectivity index (χ1n) is 7.36. The Labute approximate surface area is 146 Å². The number of halogens is 1. The molecule has 0 fully saturated rings. The van der Waals surface area contributed by atoms with E-state index in [-0.39, 0.29) is 10.9 Å². The van der Waals surface area contributed by atoms with Crippen LogP contribution < -0.4 is 10.0 Å². The summed E-state index contributed by atoms with van der Waals surface area (Å²) in [4.78, 5) is 6.50. The van der Waals surface area contributed by atoms with E-state index in [1.165, 1.54) is 0 Å². The molecule has 0 saturated heterocycles. The summed E-state index contributed by atoms with van der Waals surface area (Å²) in [5.41, 5.74) is 1.12. The van der Waals surface area contributed by atoms with Crippen molar-refractivity contribution in [1.29, 1.82) is 0 Å². The van der Waals surface area contributed by atoms with Crippen LogP contribution in [0.2, 0.25) is 5.02 Å². The lowest BCUT2D eigenvalue weighted by Crippen LogP contribution is -2.49. The van der Waals surface area contributed by atoms with E-state index in [0.717, 1.165) is 5.56 Å². The minimum absolute atomic E-state index is 0.207. The van der Waals surface area contributed by atoms with Crippen LogP contribution in [0.5, 0.6) is 0 Å². The van der Waals surface area contributed by atoms with Crippen LogP contribution in [0.1, 0.15) is 5.56 Å². The van der Waals surface area contributed by atoms with Crippen LogP contribution in [0.25, 0.3) is 0 Å². The predicted molar refractivity (Wildman–Crippen MR) is 94.1 cm³/mol. The Morgan fingerprint density at radius 2 is 1.83 bits per heavy atom. The molecule has 2 aromatic carbocycles. The van der Waals surface area contributed by atoms with Gasteiger partial charge in [0.1, 0.15) is 0 Å². The molecule has 0 atom stereocenters. The van der Waals surface area contributed by atoms with Gasteiger partial charge in [0.25, 0.3) is 10.0 Å². The van der Waals surface area contributed by atoms with Crippen LogP contribution in [0.15, 0.2) is 64.5 Å². The van der Waals surface area contributed by atoms with E-state index in [0.29, 0.717) is 24.9 Å². The van der Waals surface area contributed by atoms with Crippen LogP contribution >= 0.6 is 11.6 Å². The number of rotatable bonds is 4. The van der Waals surface area contributed by atoms with Crippen molar-refractivity contribution in [2.45, 2.75) is 11.4 Å². The minimum atomic E-state index is -3.62. The molecule has 0 aliphatic carbocycles. The topological polar surface area (TPSA) is 73.8 Å². The average Bonchev–Trinajstić information content (AvgIpc) is 2.59. The zero-order chi connectivity index (χ0) is 17.0. The Bertz CT molecular complexity index is 823. The molecule has 0 spiro atoms. The van der Waals surface area contributed by atoms with Gasteiger partial charge >= 0.3 is 0 Å². The maximum atomic E-state index is 12.2. The van der Waals surface area contributed by atoms with E-state index in [9.17, 15) is 8.42 Å². The van der Waals surface area contributed by atoms with E-state index in [2.05, 4.69) is 15.0 Å². The second-order valence-corrected chi connectivity index (χ2v) is 7.48. The summed E-state index contributed by atoms with van der Waals surface area (Å²) in [5.74, 6) is 0.256. The zero-order valence-electron chi connectivity index (χ0n) is 12.8. The van der Waals surface area contributed by atoms with Crippen molar-refractivity contribution in [3.63, 3.8) is 0 Å². The Hall–Kier alpha value is -2.09. The van der Waals surface area contributed by atoms with Crippen LogP contribution in [-0.2, 0) is 16.6 Å². The molecule has 1 heterocycles. The van der Waals surface area contributed by atoms with Gasteiger partial charge in [-0.1, -0.05) is 41.9 Å². The van der Waals surface area contributed by atoms with Crippen molar-refractivity contribution < 1.29 is 8.42 Å². The molecule has 0 amide bonds. The molecule has 8 heteroatoms. The van der Waals surface area contributed by atoms with Gasteiger partial charge in [0, 0.05) is 11.6 Å². The lowest BCUT2D eigenvalue weighted by atomic mass is 10.2. The summed E-state index contributed by atoms with van der Waals surface area (Å²) >= 11 is 5.87. The third-order valence-corrected chi connectivity index (χ3v) is 5.11. The monoisotopic (exact) mass is 364 g/mol. The van der Waals surface area contributed by atoms with Crippen molar-refractivity contribution >= 4 is 27.6 Å². The first kappa shape index (κ1) is 16.8. The van der Waals surface area contributed by atoms with Gasteiger partial charge in [-0.25, -0.2) is 18.1 Å². The van der Waals surface area contributed by atoms with Crippen molar-refractivity contribution in [2.24, 2.45) is 4.99 Å². The molecule has 0 unspecified atom stereocenters. The molecule has 0 radical (unpaired) electrons. The van der Waals surface area contributed by atoms with Gasteiger partial charge in [0.2, 0.25) is 5.96 Å². The number of guanidine groups is 1.